The van der Waals surface area contributed by atoms with Gasteiger partial charge in [-0.2, -0.15) is 5.26 Å². The quantitative estimate of drug-likeness (QED) is 0.901. The Balaban J connectivity index is 2.02. The Hall–Kier alpha value is -2.42. The molecule has 0 aliphatic heterocycles. The minimum Gasteiger partial charge on any atom is -0.381 e. The standard InChI is InChI=1S/C12H10F2N4/c13-11-9(7-15)1-2-10(12(11)14)17-4-6-18-5-3-16-8-18/h1-3,5,8,17H,4,6H2. The molecule has 0 saturated carbocycles. The molecule has 18 heavy (non-hydrogen) atoms. The van der Waals surface area contributed by atoms with Crippen LogP contribution in [0.4, 0.5) is 14.5 Å². The van der Waals surface area contributed by atoms with Gasteiger partial charge in [0.2, 0.25) is 0 Å². The molecular weight excluding hydrogens is 238 g/mol. The van der Waals surface area contributed by atoms with E-state index in [2.05, 4.69) is 10.3 Å². The fourth-order valence-electron chi connectivity index (χ4n) is 1.51. The smallest absolute Gasteiger partial charge is 0.183 e. The van der Waals surface area contributed by atoms with Gasteiger partial charge in [-0.25, -0.2) is 13.8 Å². The van der Waals surface area contributed by atoms with Crippen LogP contribution in [0.2, 0.25) is 0 Å². The lowest BCUT2D eigenvalue weighted by atomic mass is 10.2. The molecule has 1 N–H and O–H groups in total. The molecule has 1 heterocycles. The number of rotatable bonds is 4. The van der Waals surface area contributed by atoms with Crippen LogP contribution in [-0.2, 0) is 6.54 Å². The summed E-state index contributed by atoms with van der Waals surface area (Å²) in [6.45, 7) is 1.01. The lowest BCUT2D eigenvalue weighted by Crippen LogP contribution is -2.11. The third-order valence-corrected chi connectivity index (χ3v) is 2.45. The fraction of sp³-hybridized carbons (Fsp3) is 0.167. The van der Waals surface area contributed by atoms with Crippen LogP contribution in [-0.4, -0.2) is 16.1 Å². The Bertz CT molecular complexity index is 573. The third-order valence-electron chi connectivity index (χ3n) is 2.45. The topological polar surface area (TPSA) is 53.6 Å². The van der Waals surface area contributed by atoms with E-state index in [0.717, 1.165) is 0 Å². The van der Waals surface area contributed by atoms with Crippen molar-refractivity contribution in [3.8, 4) is 6.07 Å². The minimum absolute atomic E-state index is 0.0478. The average Bonchev–Trinajstić information content (AvgIpc) is 2.88. The van der Waals surface area contributed by atoms with Crippen LogP contribution in [0.3, 0.4) is 0 Å². The summed E-state index contributed by atoms with van der Waals surface area (Å²) in [5.41, 5.74) is -0.251. The molecule has 0 spiro atoms. The van der Waals surface area contributed by atoms with Crippen molar-refractivity contribution in [1.82, 2.24) is 9.55 Å². The molecule has 0 aliphatic carbocycles. The highest BCUT2D eigenvalue weighted by molar-refractivity contribution is 5.49. The highest BCUT2D eigenvalue weighted by Gasteiger charge is 2.12. The number of nitrogens with one attached hydrogen (secondary N) is 1. The number of anilines is 1. The zero-order chi connectivity index (χ0) is 13.0. The first-order valence-electron chi connectivity index (χ1n) is 5.30. The van der Waals surface area contributed by atoms with Crippen LogP contribution in [0.1, 0.15) is 5.56 Å². The maximum absolute atomic E-state index is 13.5. The summed E-state index contributed by atoms with van der Waals surface area (Å²) < 4.78 is 28.6. The van der Waals surface area contributed by atoms with Crippen LogP contribution < -0.4 is 5.32 Å². The molecule has 0 radical (unpaired) electrons. The summed E-state index contributed by atoms with van der Waals surface area (Å²) in [4.78, 5) is 3.87. The maximum atomic E-state index is 13.5. The van der Waals surface area contributed by atoms with Crippen LogP contribution in [0.15, 0.2) is 30.9 Å². The highest BCUT2D eigenvalue weighted by atomic mass is 19.2. The summed E-state index contributed by atoms with van der Waals surface area (Å²) in [5, 5.41) is 11.3. The van der Waals surface area contributed by atoms with Gasteiger partial charge in [0.1, 0.15) is 6.07 Å². The summed E-state index contributed by atoms with van der Waals surface area (Å²) >= 11 is 0. The predicted octanol–water partition coefficient (Wildman–Crippen LogP) is 2.15. The molecule has 0 aliphatic rings. The second kappa shape index (κ2) is 5.27. The van der Waals surface area contributed by atoms with Crippen LogP contribution >= 0.6 is 0 Å². The van der Waals surface area contributed by atoms with Crippen molar-refractivity contribution >= 4 is 5.69 Å². The number of imidazole rings is 1. The Labute approximate surface area is 102 Å². The number of hydrogen-bond donors (Lipinski definition) is 1. The molecule has 2 rings (SSSR count). The summed E-state index contributed by atoms with van der Waals surface area (Å²) in [6.07, 6.45) is 5.05. The van der Waals surface area contributed by atoms with Crippen molar-refractivity contribution in [2.75, 3.05) is 11.9 Å². The van der Waals surface area contributed by atoms with E-state index in [1.54, 1.807) is 24.8 Å². The molecular formula is C12H10F2N4. The number of nitriles is 1. The Morgan fingerprint density at radius 3 is 2.83 bits per heavy atom. The van der Waals surface area contributed by atoms with Crippen LogP contribution in [0.5, 0.6) is 0 Å². The van der Waals surface area contributed by atoms with Gasteiger partial charge < -0.3 is 9.88 Å². The van der Waals surface area contributed by atoms with Crippen molar-refractivity contribution in [1.29, 1.82) is 5.26 Å². The van der Waals surface area contributed by atoms with Crippen LogP contribution in [0.25, 0.3) is 0 Å². The largest absolute Gasteiger partial charge is 0.381 e. The van der Waals surface area contributed by atoms with Gasteiger partial charge in [0, 0.05) is 25.5 Å². The van der Waals surface area contributed by atoms with Crippen molar-refractivity contribution in [3.05, 3.63) is 48.1 Å². The Kier molecular flexibility index (Phi) is 3.53. The van der Waals surface area contributed by atoms with Gasteiger partial charge >= 0.3 is 0 Å². The van der Waals surface area contributed by atoms with E-state index in [9.17, 15) is 8.78 Å². The van der Waals surface area contributed by atoms with Crippen molar-refractivity contribution < 1.29 is 8.78 Å². The predicted molar refractivity (Wildman–Crippen MR) is 61.8 cm³/mol. The molecule has 0 atom stereocenters. The number of nitrogens with zero attached hydrogens (tertiary/aromatic N) is 3. The van der Waals surface area contributed by atoms with E-state index in [1.165, 1.54) is 12.1 Å². The lowest BCUT2D eigenvalue weighted by Gasteiger charge is -2.08. The minimum atomic E-state index is -1.12. The van der Waals surface area contributed by atoms with Gasteiger partial charge in [-0.3, -0.25) is 0 Å². The van der Waals surface area contributed by atoms with Crippen LogP contribution in [0, 0.1) is 23.0 Å². The molecule has 0 saturated heterocycles. The zero-order valence-corrected chi connectivity index (χ0v) is 9.40. The van der Waals surface area contributed by atoms with Crippen molar-refractivity contribution in [3.63, 3.8) is 0 Å². The van der Waals surface area contributed by atoms with E-state index in [-0.39, 0.29) is 11.3 Å². The van der Waals surface area contributed by atoms with E-state index in [1.807, 2.05) is 4.57 Å². The fourth-order valence-corrected chi connectivity index (χ4v) is 1.51. The summed E-state index contributed by atoms with van der Waals surface area (Å²) in [6, 6.07) is 4.19. The van der Waals surface area contributed by atoms with E-state index < -0.39 is 11.6 Å². The molecule has 2 aromatic rings. The van der Waals surface area contributed by atoms with Gasteiger partial charge in [0.05, 0.1) is 17.6 Å². The van der Waals surface area contributed by atoms with Gasteiger partial charge in [-0.1, -0.05) is 0 Å². The first-order chi connectivity index (χ1) is 8.72. The van der Waals surface area contributed by atoms with Gasteiger partial charge in [0.15, 0.2) is 11.6 Å². The lowest BCUT2D eigenvalue weighted by molar-refractivity contribution is 0.508. The number of aromatic nitrogens is 2. The Morgan fingerprint density at radius 2 is 2.17 bits per heavy atom. The summed E-state index contributed by atoms with van der Waals surface area (Å²) in [5.74, 6) is -2.15. The highest BCUT2D eigenvalue weighted by Crippen LogP contribution is 2.19. The molecule has 92 valence electrons. The average molecular weight is 248 g/mol. The number of hydrogen-bond acceptors (Lipinski definition) is 3. The maximum Gasteiger partial charge on any atom is 0.183 e. The molecule has 6 heteroatoms. The third kappa shape index (κ3) is 2.46. The SMILES string of the molecule is N#Cc1ccc(NCCn2ccnc2)c(F)c1F. The number of halogens is 2. The molecule has 1 aromatic heterocycles. The molecule has 4 nitrogen and oxygen atoms in total. The van der Waals surface area contributed by atoms with E-state index in [4.69, 9.17) is 5.26 Å². The molecule has 0 unspecified atom stereocenters. The van der Waals surface area contributed by atoms with Crippen molar-refractivity contribution in [2.24, 2.45) is 0 Å². The van der Waals surface area contributed by atoms with Gasteiger partial charge in [-0.05, 0) is 12.1 Å². The van der Waals surface area contributed by atoms with Crippen molar-refractivity contribution in [2.45, 2.75) is 6.54 Å². The molecule has 0 fully saturated rings. The van der Waals surface area contributed by atoms with Gasteiger partial charge in [-0.15, -0.1) is 0 Å². The Morgan fingerprint density at radius 1 is 1.33 bits per heavy atom. The molecule has 0 bridgehead atoms. The van der Waals surface area contributed by atoms with Gasteiger partial charge in [0.25, 0.3) is 0 Å². The monoisotopic (exact) mass is 248 g/mol. The second-order valence-corrected chi connectivity index (χ2v) is 3.63. The normalized spacial score (nSPS) is 10.1. The second-order valence-electron chi connectivity index (χ2n) is 3.63. The zero-order valence-electron chi connectivity index (χ0n) is 9.40. The van der Waals surface area contributed by atoms with E-state index in [0.29, 0.717) is 13.1 Å². The molecule has 1 aromatic carbocycles. The molecule has 0 amide bonds. The van der Waals surface area contributed by atoms with E-state index >= 15 is 0 Å². The number of benzene rings is 1. The summed E-state index contributed by atoms with van der Waals surface area (Å²) in [7, 11) is 0. The first kappa shape index (κ1) is 12.0. The first-order valence-corrected chi connectivity index (χ1v) is 5.30.